The van der Waals surface area contributed by atoms with E-state index in [-0.39, 0.29) is 5.91 Å². The van der Waals surface area contributed by atoms with E-state index in [9.17, 15) is 4.79 Å². The summed E-state index contributed by atoms with van der Waals surface area (Å²) in [6.45, 7) is 2.11. The van der Waals surface area contributed by atoms with Crippen molar-refractivity contribution in [3.8, 4) is 0 Å². The number of carbonyl (C=O) groups is 1. The number of hydrogen-bond acceptors (Lipinski definition) is 4. The van der Waals surface area contributed by atoms with Gasteiger partial charge in [0.25, 0.3) is 0 Å². The Balaban J connectivity index is 1.89. The first-order valence-electron chi connectivity index (χ1n) is 6.86. The van der Waals surface area contributed by atoms with E-state index in [4.69, 9.17) is 9.15 Å². The molecule has 0 aliphatic rings. The minimum Gasteiger partial charge on any atom is -0.468 e. The van der Waals surface area contributed by atoms with Crippen LogP contribution in [0.4, 0.5) is 5.69 Å². The molecule has 0 saturated heterocycles. The number of carbonyl (C=O) groups excluding carboxylic acids is 1. The predicted octanol–water partition coefficient (Wildman–Crippen LogP) is 2.37. The number of para-hydroxylation sites is 1. The molecule has 0 spiro atoms. The minimum atomic E-state index is -0.0520. The van der Waals surface area contributed by atoms with E-state index in [1.165, 1.54) is 0 Å². The summed E-state index contributed by atoms with van der Waals surface area (Å²) < 4.78 is 10.4. The lowest BCUT2D eigenvalue weighted by atomic mass is 10.3. The summed E-state index contributed by atoms with van der Waals surface area (Å²) in [5.74, 6) is 0.780. The molecular weight excluding hydrogens is 268 g/mol. The van der Waals surface area contributed by atoms with E-state index in [0.717, 1.165) is 11.4 Å². The molecular formula is C16H20N2O3. The van der Waals surface area contributed by atoms with Crippen LogP contribution >= 0.6 is 0 Å². The fourth-order valence-corrected chi connectivity index (χ4v) is 1.98. The maximum Gasteiger partial charge on any atom is 0.238 e. The van der Waals surface area contributed by atoms with Gasteiger partial charge in [-0.2, -0.15) is 0 Å². The second-order valence-electron chi connectivity index (χ2n) is 4.70. The lowest BCUT2D eigenvalue weighted by Crippen LogP contribution is -2.35. The van der Waals surface area contributed by atoms with Gasteiger partial charge in [0.05, 0.1) is 26.0 Å². The number of nitrogens with zero attached hydrogens (tertiary/aromatic N) is 1. The monoisotopic (exact) mass is 288 g/mol. The fourth-order valence-electron chi connectivity index (χ4n) is 1.98. The molecule has 0 aliphatic carbocycles. The summed E-state index contributed by atoms with van der Waals surface area (Å²) >= 11 is 0. The third-order valence-corrected chi connectivity index (χ3v) is 3.00. The maximum atomic E-state index is 12.1. The van der Waals surface area contributed by atoms with E-state index >= 15 is 0 Å². The van der Waals surface area contributed by atoms with Crippen molar-refractivity contribution in [3.63, 3.8) is 0 Å². The van der Waals surface area contributed by atoms with Crippen LogP contribution in [0.3, 0.4) is 0 Å². The normalized spacial score (nSPS) is 10.8. The van der Waals surface area contributed by atoms with Crippen molar-refractivity contribution in [1.82, 2.24) is 4.90 Å². The highest BCUT2D eigenvalue weighted by Gasteiger charge is 2.12. The van der Waals surface area contributed by atoms with Crippen molar-refractivity contribution in [2.45, 2.75) is 6.54 Å². The topological polar surface area (TPSA) is 54.7 Å². The summed E-state index contributed by atoms with van der Waals surface area (Å²) in [5.41, 5.74) is 0.798. The van der Waals surface area contributed by atoms with Gasteiger partial charge < -0.3 is 14.5 Å². The van der Waals surface area contributed by atoms with Crippen LogP contribution in [0.1, 0.15) is 5.76 Å². The Bertz CT molecular complexity index is 526. The van der Waals surface area contributed by atoms with Gasteiger partial charge in [0.1, 0.15) is 5.76 Å². The molecule has 21 heavy (non-hydrogen) atoms. The van der Waals surface area contributed by atoms with Gasteiger partial charge in [-0.05, 0) is 24.3 Å². The first-order chi connectivity index (χ1) is 10.3. The lowest BCUT2D eigenvalue weighted by Gasteiger charge is -2.20. The molecule has 2 aromatic rings. The van der Waals surface area contributed by atoms with E-state index in [2.05, 4.69) is 5.32 Å². The Morgan fingerprint density at radius 1 is 1.24 bits per heavy atom. The molecule has 0 radical (unpaired) electrons. The van der Waals surface area contributed by atoms with Gasteiger partial charge in [-0.1, -0.05) is 18.2 Å². The highest BCUT2D eigenvalue weighted by Crippen LogP contribution is 2.07. The molecule has 112 valence electrons. The highest BCUT2D eigenvalue weighted by molar-refractivity contribution is 5.92. The molecule has 1 amide bonds. The van der Waals surface area contributed by atoms with Gasteiger partial charge in [0.2, 0.25) is 5.91 Å². The van der Waals surface area contributed by atoms with Crippen LogP contribution < -0.4 is 5.32 Å². The summed E-state index contributed by atoms with van der Waals surface area (Å²) in [7, 11) is 1.65. The van der Waals surface area contributed by atoms with Crippen molar-refractivity contribution in [3.05, 3.63) is 54.5 Å². The first-order valence-corrected chi connectivity index (χ1v) is 6.86. The molecule has 0 saturated carbocycles. The predicted molar refractivity (Wildman–Crippen MR) is 80.9 cm³/mol. The molecule has 1 N–H and O–H groups in total. The van der Waals surface area contributed by atoms with Crippen molar-refractivity contribution in [1.29, 1.82) is 0 Å². The van der Waals surface area contributed by atoms with Crippen LogP contribution in [0.2, 0.25) is 0 Å². The highest BCUT2D eigenvalue weighted by atomic mass is 16.5. The van der Waals surface area contributed by atoms with Crippen LogP contribution in [-0.4, -0.2) is 37.6 Å². The second-order valence-corrected chi connectivity index (χ2v) is 4.70. The zero-order valence-electron chi connectivity index (χ0n) is 12.1. The second kappa shape index (κ2) is 8.24. The lowest BCUT2D eigenvalue weighted by molar-refractivity contribution is -0.117. The number of benzene rings is 1. The number of nitrogens with one attached hydrogen (secondary N) is 1. The van der Waals surface area contributed by atoms with Gasteiger partial charge in [-0.15, -0.1) is 0 Å². The van der Waals surface area contributed by atoms with Crippen LogP contribution in [0.25, 0.3) is 0 Å². The number of rotatable bonds is 8. The van der Waals surface area contributed by atoms with Gasteiger partial charge in [0.15, 0.2) is 0 Å². The van der Waals surface area contributed by atoms with Crippen LogP contribution in [0, 0.1) is 0 Å². The Morgan fingerprint density at radius 2 is 2.05 bits per heavy atom. The average Bonchev–Trinajstić information content (AvgIpc) is 2.98. The molecule has 0 fully saturated rings. The molecule has 0 atom stereocenters. The number of methoxy groups -OCH3 is 1. The molecule has 5 heteroatoms. The summed E-state index contributed by atoms with van der Waals surface area (Å²) in [5, 5.41) is 2.88. The van der Waals surface area contributed by atoms with E-state index in [1.807, 2.05) is 47.4 Å². The smallest absolute Gasteiger partial charge is 0.238 e. The zero-order valence-corrected chi connectivity index (χ0v) is 12.1. The molecule has 1 heterocycles. The fraction of sp³-hybridized carbons (Fsp3) is 0.312. The largest absolute Gasteiger partial charge is 0.468 e. The maximum absolute atomic E-state index is 12.1. The third-order valence-electron chi connectivity index (χ3n) is 3.00. The SMILES string of the molecule is COCCN(CC(=O)Nc1ccccc1)Cc1ccco1. The molecule has 0 aliphatic heterocycles. The van der Waals surface area contributed by atoms with Crippen molar-refractivity contribution in [2.75, 3.05) is 32.1 Å². The van der Waals surface area contributed by atoms with E-state index in [1.54, 1.807) is 13.4 Å². The van der Waals surface area contributed by atoms with Crippen molar-refractivity contribution < 1.29 is 13.9 Å². The summed E-state index contributed by atoms with van der Waals surface area (Å²) in [4.78, 5) is 14.1. The average molecular weight is 288 g/mol. The van der Waals surface area contributed by atoms with Gasteiger partial charge >= 0.3 is 0 Å². The van der Waals surface area contributed by atoms with E-state index in [0.29, 0.717) is 26.2 Å². The Hall–Kier alpha value is -2.11. The Morgan fingerprint density at radius 3 is 2.71 bits per heavy atom. The Labute approximate surface area is 124 Å². The quantitative estimate of drug-likeness (QED) is 0.810. The Kier molecular flexibility index (Phi) is 5.99. The van der Waals surface area contributed by atoms with Crippen molar-refractivity contribution in [2.24, 2.45) is 0 Å². The van der Waals surface area contributed by atoms with Gasteiger partial charge in [0, 0.05) is 19.3 Å². The molecule has 1 aromatic carbocycles. The summed E-state index contributed by atoms with van der Waals surface area (Å²) in [6, 6.07) is 13.2. The van der Waals surface area contributed by atoms with Crippen molar-refractivity contribution >= 4 is 11.6 Å². The first kappa shape index (κ1) is 15.3. The van der Waals surface area contributed by atoms with Gasteiger partial charge in [-0.25, -0.2) is 0 Å². The third kappa shape index (κ3) is 5.41. The minimum absolute atomic E-state index is 0.0520. The number of furan rings is 1. The molecule has 0 bridgehead atoms. The molecule has 2 rings (SSSR count). The molecule has 1 aromatic heterocycles. The molecule has 5 nitrogen and oxygen atoms in total. The van der Waals surface area contributed by atoms with Crippen LogP contribution in [0.5, 0.6) is 0 Å². The standard InChI is InChI=1S/C16H20N2O3/c1-20-11-9-18(12-15-8-5-10-21-15)13-16(19)17-14-6-3-2-4-7-14/h2-8,10H,9,11-13H2,1H3,(H,17,19). The van der Waals surface area contributed by atoms with E-state index < -0.39 is 0 Å². The van der Waals surface area contributed by atoms with Gasteiger partial charge in [-0.3, -0.25) is 9.69 Å². The van der Waals surface area contributed by atoms with Crippen LogP contribution in [0.15, 0.2) is 53.1 Å². The number of hydrogen-bond donors (Lipinski definition) is 1. The summed E-state index contributed by atoms with van der Waals surface area (Å²) in [6.07, 6.45) is 1.63. The van der Waals surface area contributed by atoms with Crippen LogP contribution in [-0.2, 0) is 16.1 Å². The number of amides is 1. The number of ether oxygens (including phenoxy) is 1. The number of anilines is 1. The molecule has 0 unspecified atom stereocenters. The zero-order chi connectivity index (χ0) is 14.9.